The van der Waals surface area contributed by atoms with E-state index < -0.39 is 0 Å². The number of hydrogen-bond acceptors (Lipinski definition) is 1. The number of benzene rings is 1. The van der Waals surface area contributed by atoms with Crippen LogP contribution in [0.1, 0.15) is 122 Å². The third-order valence-electron chi connectivity index (χ3n) is 5.72. The maximum atomic E-state index is 11.9. The van der Waals surface area contributed by atoms with Crippen LogP contribution in [0.3, 0.4) is 0 Å². The second kappa shape index (κ2) is 20.7. The molecular weight excluding hydrogens is 366 g/mol. The fraction of sp³-hybridized carbons (Fsp3) is 0.679. The number of unbranched alkanes of at least 4 members (excludes halogenated alkanes) is 15. The molecule has 0 aliphatic carbocycles. The van der Waals surface area contributed by atoms with E-state index >= 15 is 0 Å². The van der Waals surface area contributed by atoms with Crippen molar-refractivity contribution in [3.05, 3.63) is 42.5 Å². The predicted octanol–water partition coefficient (Wildman–Crippen LogP) is 9.22. The molecule has 1 N–H and O–H groups in total. The first-order chi connectivity index (χ1) is 14.8. The molecule has 1 aromatic rings. The van der Waals surface area contributed by atoms with E-state index in [2.05, 4.69) is 24.4 Å². The summed E-state index contributed by atoms with van der Waals surface area (Å²) in [4.78, 5) is 11.9. The molecule has 1 aromatic carbocycles. The quantitative estimate of drug-likeness (QED) is 0.167. The first-order valence-electron chi connectivity index (χ1n) is 12.8. The smallest absolute Gasteiger partial charge is 0.224 e. The van der Waals surface area contributed by atoms with Crippen molar-refractivity contribution in [1.29, 1.82) is 0 Å². The average molecular weight is 414 g/mol. The predicted molar refractivity (Wildman–Crippen MR) is 133 cm³/mol. The van der Waals surface area contributed by atoms with Crippen molar-refractivity contribution >= 4 is 11.6 Å². The van der Waals surface area contributed by atoms with Gasteiger partial charge in [-0.15, -0.1) is 0 Å². The van der Waals surface area contributed by atoms with Crippen molar-refractivity contribution in [1.82, 2.24) is 0 Å². The Kier molecular flexibility index (Phi) is 18.3. The van der Waals surface area contributed by atoms with Gasteiger partial charge in [-0.1, -0.05) is 114 Å². The Morgan fingerprint density at radius 2 is 1.13 bits per heavy atom. The fourth-order valence-corrected chi connectivity index (χ4v) is 3.81. The van der Waals surface area contributed by atoms with Crippen molar-refractivity contribution in [2.75, 3.05) is 5.32 Å². The van der Waals surface area contributed by atoms with Gasteiger partial charge >= 0.3 is 0 Å². The van der Waals surface area contributed by atoms with E-state index in [9.17, 15) is 4.79 Å². The molecule has 170 valence electrons. The van der Waals surface area contributed by atoms with Crippen molar-refractivity contribution in [3.8, 4) is 0 Å². The van der Waals surface area contributed by atoms with Crippen LogP contribution >= 0.6 is 0 Å². The minimum Gasteiger partial charge on any atom is -0.326 e. The van der Waals surface area contributed by atoms with Crippen molar-refractivity contribution in [2.24, 2.45) is 0 Å². The van der Waals surface area contributed by atoms with E-state index in [-0.39, 0.29) is 5.91 Å². The zero-order valence-corrected chi connectivity index (χ0v) is 19.7. The summed E-state index contributed by atoms with van der Waals surface area (Å²) < 4.78 is 0. The van der Waals surface area contributed by atoms with Crippen LogP contribution in [-0.2, 0) is 4.79 Å². The molecule has 0 radical (unpaired) electrons. The van der Waals surface area contributed by atoms with Gasteiger partial charge in [-0.25, -0.2) is 0 Å². The highest BCUT2D eigenvalue weighted by molar-refractivity contribution is 5.90. The molecule has 1 rings (SSSR count). The molecule has 0 fully saturated rings. The van der Waals surface area contributed by atoms with Crippen LogP contribution < -0.4 is 5.32 Å². The zero-order valence-electron chi connectivity index (χ0n) is 19.7. The molecule has 0 heterocycles. The lowest BCUT2D eigenvalue weighted by Crippen LogP contribution is -2.10. The molecular formula is C28H47NO. The van der Waals surface area contributed by atoms with Crippen LogP contribution in [0.25, 0.3) is 0 Å². The maximum absolute atomic E-state index is 11.9. The molecule has 0 bridgehead atoms. The van der Waals surface area contributed by atoms with E-state index in [0.717, 1.165) is 12.1 Å². The van der Waals surface area contributed by atoms with Gasteiger partial charge in [0.05, 0.1) is 0 Å². The lowest BCUT2D eigenvalue weighted by molar-refractivity contribution is -0.116. The number of nitrogens with one attached hydrogen (secondary N) is 1. The van der Waals surface area contributed by atoms with E-state index in [4.69, 9.17) is 0 Å². The molecule has 2 nitrogen and oxygen atoms in total. The van der Waals surface area contributed by atoms with Crippen molar-refractivity contribution < 1.29 is 4.79 Å². The summed E-state index contributed by atoms with van der Waals surface area (Å²) in [5.74, 6) is 0.141. The van der Waals surface area contributed by atoms with Crippen molar-refractivity contribution in [2.45, 2.75) is 122 Å². The number of rotatable bonds is 20. The van der Waals surface area contributed by atoms with Crippen LogP contribution in [-0.4, -0.2) is 5.91 Å². The molecule has 2 heteroatoms. The molecule has 0 unspecified atom stereocenters. The largest absolute Gasteiger partial charge is 0.326 e. The second-order valence-corrected chi connectivity index (χ2v) is 8.66. The SMILES string of the molecule is CCCCCCCC/C=C\CCCCCCCCCCCC(=O)Nc1ccccc1. The van der Waals surface area contributed by atoms with Crippen molar-refractivity contribution in [3.63, 3.8) is 0 Å². The van der Waals surface area contributed by atoms with Gasteiger partial charge in [0.25, 0.3) is 0 Å². The molecule has 0 spiro atoms. The molecule has 1 amide bonds. The molecule has 30 heavy (non-hydrogen) atoms. The van der Waals surface area contributed by atoms with Gasteiger partial charge in [-0.05, 0) is 44.2 Å². The van der Waals surface area contributed by atoms with Crippen LogP contribution in [0.2, 0.25) is 0 Å². The fourth-order valence-electron chi connectivity index (χ4n) is 3.81. The first kappa shape index (κ1) is 26.5. The number of carbonyl (C=O) groups is 1. The third kappa shape index (κ3) is 17.3. The van der Waals surface area contributed by atoms with E-state index in [1.807, 2.05) is 30.3 Å². The highest BCUT2D eigenvalue weighted by Gasteiger charge is 2.01. The molecule has 0 aliphatic rings. The lowest BCUT2D eigenvalue weighted by Gasteiger charge is -2.05. The summed E-state index contributed by atoms with van der Waals surface area (Å²) in [6, 6.07) is 9.73. The maximum Gasteiger partial charge on any atom is 0.224 e. The second-order valence-electron chi connectivity index (χ2n) is 8.66. The highest BCUT2D eigenvalue weighted by atomic mass is 16.1. The molecule has 0 saturated carbocycles. The number of para-hydroxylation sites is 1. The number of anilines is 1. The Bertz CT molecular complexity index is 523. The number of carbonyl (C=O) groups excluding carboxylic acids is 1. The van der Waals surface area contributed by atoms with Gasteiger partial charge < -0.3 is 5.32 Å². The summed E-state index contributed by atoms with van der Waals surface area (Å²) in [5, 5.41) is 2.96. The van der Waals surface area contributed by atoms with E-state index in [0.29, 0.717) is 6.42 Å². The normalized spacial score (nSPS) is 11.2. The van der Waals surface area contributed by atoms with Gasteiger partial charge in [0, 0.05) is 12.1 Å². The Hall–Kier alpha value is -1.57. The van der Waals surface area contributed by atoms with Crippen LogP contribution in [0, 0.1) is 0 Å². The Morgan fingerprint density at radius 1 is 0.667 bits per heavy atom. The summed E-state index contributed by atoms with van der Waals surface area (Å²) in [6.07, 6.45) is 27.9. The van der Waals surface area contributed by atoms with Gasteiger partial charge in [0.15, 0.2) is 0 Å². The van der Waals surface area contributed by atoms with Crippen LogP contribution in [0.15, 0.2) is 42.5 Å². The average Bonchev–Trinajstić information content (AvgIpc) is 2.76. The molecule has 0 saturated heterocycles. The zero-order chi connectivity index (χ0) is 21.5. The Balaban J connectivity index is 1.76. The third-order valence-corrected chi connectivity index (χ3v) is 5.72. The van der Waals surface area contributed by atoms with Crippen LogP contribution in [0.5, 0.6) is 0 Å². The highest BCUT2D eigenvalue weighted by Crippen LogP contribution is 2.13. The van der Waals surface area contributed by atoms with Gasteiger partial charge in [-0.3, -0.25) is 4.79 Å². The van der Waals surface area contributed by atoms with Gasteiger partial charge in [0.1, 0.15) is 0 Å². The standard InChI is InChI=1S/C28H47NO/c1-2-3-4-5-6-7-8-9-10-11-12-13-14-15-16-17-18-19-23-26-28(30)29-27-24-21-20-22-25-27/h9-10,20-22,24-25H,2-8,11-19,23,26H2,1H3,(H,29,30)/b10-9-. The number of allylic oxidation sites excluding steroid dienone is 2. The van der Waals surface area contributed by atoms with Crippen LogP contribution in [0.4, 0.5) is 5.69 Å². The molecule has 0 aromatic heterocycles. The van der Waals surface area contributed by atoms with Gasteiger partial charge in [0.2, 0.25) is 5.91 Å². The minimum atomic E-state index is 0.141. The summed E-state index contributed by atoms with van der Waals surface area (Å²) in [7, 11) is 0. The topological polar surface area (TPSA) is 29.1 Å². The van der Waals surface area contributed by atoms with E-state index in [1.54, 1.807) is 0 Å². The summed E-state index contributed by atoms with van der Waals surface area (Å²) >= 11 is 0. The summed E-state index contributed by atoms with van der Waals surface area (Å²) in [6.45, 7) is 2.28. The Morgan fingerprint density at radius 3 is 1.67 bits per heavy atom. The Labute approximate surface area is 186 Å². The molecule has 0 atom stereocenters. The first-order valence-corrected chi connectivity index (χ1v) is 12.8. The lowest BCUT2D eigenvalue weighted by atomic mass is 10.1. The minimum absolute atomic E-state index is 0.141. The summed E-state index contributed by atoms with van der Waals surface area (Å²) in [5.41, 5.74) is 0.899. The van der Waals surface area contributed by atoms with E-state index in [1.165, 1.54) is 103 Å². The molecule has 0 aliphatic heterocycles. The van der Waals surface area contributed by atoms with Gasteiger partial charge in [-0.2, -0.15) is 0 Å². The number of amides is 1. The number of hydrogen-bond donors (Lipinski definition) is 1. The monoisotopic (exact) mass is 413 g/mol.